The Bertz CT molecular complexity index is 4010. The maximum Gasteiger partial charge on any atom is 0.224 e. The van der Waals surface area contributed by atoms with E-state index in [2.05, 4.69) is 80.8 Å². The van der Waals surface area contributed by atoms with E-state index in [0.717, 1.165) is 257 Å². The molecule has 6 N–H and O–H groups in total. The predicted molar refractivity (Wildman–Crippen MR) is 433 cm³/mol. The molecular formula is C83H130N16O8S2. The van der Waals surface area contributed by atoms with Gasteiger partial charge in [0.05, 0.1) is 28.8 Å². The van der Waals surface area contributed by atoms with Gasteiger partial charge < -0.3 is 54.8 Å². The van der Waals surface area contributed by atoms with E-state index in [0.29, 0.717) is 104 Å². The Morgan fingerprint density at radius 1 is 0.486 bits per heavy atom. The molecule has 5 atom stereocenters. The number of aromatic nitrogens is 9. The molecule has 7 aliphatic carbocycles. The number of carbonyl (C=O) groups is 1. The highest BCUT2D eigenvalue weighted by Gasteiger charge is 2.42. The van der Waals surface area contributed by atoms with Crippen molar-refractivity contribution in [3.05, 3.63) is 53.9 Å². The second-order valence-electron chi connectivity index (χ2n) is 35.0. The lowest BCUT2D eigenvalue weighted by molar-refractivity contribution is -0.132. The number of piperidine rings is 3. The molecule has 16 rings (SSSR count). The van der Waals surface area contributed by atoms with Crippen LogP contribution in [0.25, 0.3) is 33.1 Å². The molecule has 0 bridgehead atoms. The van der Waals surface area contributed by atoms with Crippen molar-refractivity contribution >= 4 is 76.9 Å². The third kappa shape index (κ3) is 18.9. The van der Waals surface area contributed by atoms with Crippen molar-refractivity contribution in [3.63, 3.8) is 0 Å². The average Bonchev–Trinajstić information content (AvgIpc) is 1.66. The lowest BCUT2D eigenvalue weighted by atomic mass is 9.89. The molecule has 0 aromatic carbocycles. The fourth-order valence-corrected chi connectivity index (χ4v) is 24.0. The number of anilines is 3. The molecule has 1 amide bonds. The van der Waals surface area contributed by atoms with Gasteiger partial charge in [-0.1, -0.05) is 78.6 Å². The number of amides is 1. The summed E-state index contributed by atoms with van der Waals surface area (Å²) in [7, 11) is -2.37. The number of rotatable bonds is 23. The molecule has 0 radical (unpaired) electrons. The maximum atomic E-state index is 13.3. The molecule has 10 aliphatic rings. The van der Waals surface area contributed by atoms with Crippen LogP contribution in [-0.4, -0.2) is 207 Å². The van der Waals surface area contributed by atoms with Crippen LogP contribution in [0.5, 0.6) is 0 Å². The number of aliphatic hydroxyl groups is 3. The van der Waals surface area contributed by atoms with Gasteiger partial charge in [0.2, 0.25) is 43.8 Å². The molecule has 3 aliphatic heterocycles. The molecule has 10 fully saturated rings. The molecule has 602 valence electrons. The number of carbonyl (C=O) groups excluding carboxylic acids is 1. The topological polar surface area (TPSA) is 287 Å². The first-order valence-electron chi connectivity index (χ1n) is 43.1. The van der Waals surface area contributed by atoms with E-state index in [1.807, 2.05) is 37.6 Å². The van der Waals surface area contributed by atoms with Gasteiger partial charge in [0.1, 0.15) is 16.9 Å². The summed E-state index contributed by atoms with van der Waals surface area (Å²) in [5, 5.41) is 43.8. The fraction of sp³-hybridized carbons (Fsp3) is 0.771. The van der Waals surface area contributed by atoms with Crippen molar-refractivity contribution < 1.29 is 36.9 Å². The normalized spacial score (nSPS) is 28.0. The molecule has 6 aromatic heterocycles. The number of sulfonamides is 2. The quantitative estimate of drug-likeness (QED) is 0.0347. The van der Waals surface area contributed by atoms with Crippen LogP contribution < -0.4 is 16.0 Å². The molecule has 9 heterocycles. The predicted octanol–water partition coefficient (Wildman–Crippen LogP) is 14.1. The van der Waals surface area contributed by atoms with Crippen LogP contribution in [0, 0.1) is 11.8 Å². The minimum absolute atomic E-state index is 0.177. The highest BCUT2D eigenvalue weighted by atomic mass is 32.2. The average molecular weight is 1540 g/mol. The van der Waals surface area contributed by atoms with Crippen LogP contribution in [0.15, 0.2) is 37.2 Å². The van der Waals surface area contributed by atoms with Crippen LogP contribution in [0.1, 0.15) is 305 Å². The third-order valence-corrected chi connectivity index (χ3v) is 31.9. The van der Waals surface area contributed by atoms with Crippen molar-refractivity contribution in [1.29, 1.82) is 0 Å². The molecule has 0 spiro atoms. The summed E-state index contributed by atoms with van der Waals surface area (Å²) in [5.41, 5.74) is 6.83. The number of hydrogen-bond acceptors (Lipinski definition) is 18. The van der Waals surface area contributed by atoms with E-state index in [9.17, 15) is 36.9 Å². The van der Waals surface area contributed by atoms with E-state index in [1.54, 1.807) is 8.61 Å². The highest BCUT2D eigenvalue weighted by molar-refractivity contribution is 7.90. The van der Waals surface area contributed by atoms with Gasteiger partial charge in [-0.3, -0.25) is 4.79 Å². The summed E-state index contributed by atoms with van der Waals surface area (Å²) in [6.45, 7) is 13.7. The Morgan fingerprint density at radius 2 is 0.835 bits per heavy atom. The largest absolute Gasteiger partial charge is 0.393 e. The second kappa shape index (κ2) is 35.8. The van der Waals surface area contributed by atoms with Gasteiger partial charge >= 0.3 is 0 Å². The summed E-state index contributed by atoms with van der Waals surface area (Å²) in [4.78, 5) is 45.9. The Morgan fingerprint density at radius 3 is 1.17 bits per heavy atom. The van der Waals surface area contributed by atoms with Gasteiger partial charge in [-0.05, 0) is 228 Å². The minimum atomic E-state index is -3.20. The molecule has 6 aromatic rings. The van der Waals surface area contributed by atoms with Crippen molar-refractivity contribution in [2.24, 2.45) is 11.8 Å². The summed E-state index contributed by atoms with van der Waals surface area (Å²) < 4.78 is 63.7. The van der Waals surface area contributed by atoms with Gasteiger partial charge in [-0.2, -0.15) is 15.0 Å². The summed E-state index contributed by atoms with van der Waals surface area (Å²) in [6, 6.07) is 2.31. The Labute approximate surface area is 649 Å². The van der Waals surface area contributed by atoms with Crippen LogP contribution in [0.3, 0.4) is 0 Å². The zero-order valence-electron chi connectivity index (χ0n) is 66.4. The third-order valence-electron chi connectivity index (χ3n) is 27.1. The first-order valence-corrected chi connectivity index (χ1v) is 46.1. The SMILES string of the molecule is CCC[C@H](C)Nc1ncc2c(C3CCN(C(=O)CCN(C)C)CC3)cn(C3CCC(O)CC3)c2n1.CC[C@@H]1C[C@H]1Nc1ncc2c(C3CCN(S(=O)(=O)C4CCCCC4)CC3)cn(C3CCC(O)CC3)c2n1.CC[C@H]1C[C@@H]1Nc1ncc2c(C3CCN(S(=O)(=O)C4CCCCC4)CC3)cn(C3CCC(O)CC3)c2n1. The summed E-state index contributed by atoms with van der Waals surface area (Å²) in [5.74, 6) is 4.85. The lowest BCUT2D eigenvalue weighted by Gasteiger charge is -2.34. The second-order valence-corrected chi connectivity index (χ2v) is 39.4. The summed E-state index contributed by atoms with van der Waals surface area (Å²) >= 11 is 0. The van der Waals surface area contributed by atoms with Crippen LogP contribution in [0.2, 0.25) is 0 Å². The molecule has 7 saturated carbocycles. The molecule has 109 heavy (non-hydrogen) atoms. The van der Waals surface area contributed by atoms with Gasteiger partial charge in [-0.25, -0.2) is 40.4 Å². The van der Waals surface area contributed by atoms with Gasteiger partial charge in [0.15, 0.2) is 0 Å². The van der Waals surface area contributed by atoms with E-state index in [-0.39, 0.29) is 34.7 Å². The number of aliphatic hydroxyl groups excluding tert-OH is 3. The number of fused-ring (bicyclic) bond motifs is 3. The van der Waals surface area contributed by atoms with E-state index >= 15 is 0 Å². The first-order chi connectivity index (χ1) is 52.7. The van der Waals surface area contributed by atoms with Crippen molar-refractivity contribution in [3.8, 4) is 0 Å². The van der Waals surface area contributed by atoms with Crippen LogP contribution >= 0.6 is 0 Å². The van der Waals surface area contributed by atoms with Crippen molar-refractivity contribution in [2.75, 3.05) is 75.9 Å². The number of hydrogen-bond donors (Lipinski definition) is 6. The Kier molecular flexibility index (Phi) is 26.3. The standard InChI is InChI=1S/2C28H43N5O3S.C27H44N6O2/c2*1-2-19-16-26(19)30-28-29-17-24-25(18-33(27(24)31-28)21-8-10-22(34)11-9-21)20-12-14-32(15-13-20)37(35,36)23-6-4-3-5-7-23;1-5-6-19(2)29-27-28-17-23-24(18-33(26(23)30-27)21-7-9-22(34)10-8-21)20-11-15-32(16-12-20)25(35)13-14-31(3)4/h2*17-23,26,34H,2-16H2,1H3,(H,29,30,31);17-22,34H,5-16H2,1-4H3,(H,28,29,30)/t2*19-,21?,22?,26-;19-,21?,22?/m100/s1. The zero-order chi connectivity index (χ0) is 76.1. The molecule has 24 nitrogen and oxygen atoms in total. The van der Waals surface area contributed by atoms with E-state index in [1.165, 1.54) is 42.4 Å². The van der Waals surface area contributed by atoms with Gasteiger partial charge in [0, 0.05) is 142 Å². The van der Waals surface area contributed by atoms with E-state index < -0.39 is 20.0 Å². The molecule has 0 unspecified atom stereocenters. The first kappa shape index (κ1) is 80.0. The number of nitrogens with zero attached hydrogens (tertiary/aromatic N) is 13. The maximum absolute atomic E-state index is 13.3. The van der Waals surface area contributed by atoms with E-state index in [4.69, 9.17) is 29.9 Å². The molecular weight excluding hydrogens is 1410 g/mol. The van der Waals surface area contributed by atoms with Gasteiger partial charge in [0.25, 0.3) is 0 Å². The molecule has 3 saturated heterocycles. The van der Waals surface area contributed by atoms with Crippen LogP contribution in [0.4, 0.5) is 17.8 Å². The van der Waals surface area contributed by atoms with Crippen molar-refractivity contribution in [1.82, 2.24) is 62.0 Å². The number of nitrogens with one attached hydrogen (secondary N) is 3. The summed E-state index contributed by atoms with van der Waals surface area (Å²) in [6.07, 6.45) is 45.7. The fourth-order valence-electron chi connectivity index (χ4n) is 19.9. The van der Waals surface area contributed by atoms with Gasteiger partial charge in [-0.15, -0.1) is 0 Å². The smallest absolute Gasteiger partial charge is 0.224 e. The lowest BCUT2D eigenvalue weighted by Crippen LogP contribution is -2.43. The minimum Gasteiger partial charge on any atom is -0.393 e. The number of likely N-dealkylation sites (tertiary alicyclic amines) is 1. The Hall–Kier alpha value is -5.61. The van der Waals surface area contributed by atoms with Crippen LogP contribution in [-0.2, 0) is 24.8 Å². The highest BCUT2D eigenvalue weighted by Crippen LogP contribution is 2.45. The molecule has 26 heteroatoms. The Balaban J connectivity index is 0.000000137. The zero-order valence-corrected chi connectivity index (χ0v) is 68.0. The monoisotopic (exact) mass is 1540 g/mol. The van der Waals surface area contributed by atoms with Crippen molar-refractivity contribution in [2.45, 2.75) is 335 Å².